The summed E-state index contributed by atoms with van der Waals surface area (Å²) in [6.45, 7) is 5.18. The maximum absolute atomic E-state index is 11.9. The van der Waals surface area contributed by atoms with Gasteiger partial charge in [0.15, 0.2) is 5.11 Å². The second-order valence-corrected chi connectivity index (χ2v) is 5.95. The molecule has 5 N–H and O–H groups in total. The van der Waals surface area contributed by atoms with Crippen molar-refractivity contribution in [3.63, 3.8) is 0 Å². The Balaban J connectivity index is 1.69. The predicted octanol–water partition coefficient (Wildman–Crippen LogP) is -0.930. The molecule has 0 bridgehead atoms. The molecule has 0 atom stereocenters. The van der Waals surface area contributed by atoms with Crippen molar-refractivity contribution in [3.05, 3.63) is 28.8 Å². The highest BCUT2D eigenvalue weighted by Gasteiger charge is 2.14. The van der Waals surface area contributed by atoms with E-state index in [1.165, 1.54) is 23.1 Å². The number of hydrogen-bond donors (Lipinski definition) is 5. The minimum atomic E-state index is -0.520. The molecular weight excluding hydrogens is 340 g/mol. The summed E-state index contributed by atoms with van der Waals surface area (Å²) in [5.74, 6) is -0.670. The third kappa shape index (κ3) is 5.83. The Kier molecular flexibility index (Phi) is 6.85. The van der Waals surface area contributed by atoms with Crippen LogP contribution in [0.15, 0.2) is 18.2 Å². The monoisotopic (exact) mass is 359 g/mol. The van der Waals surface area contributed by atoms with Crippen molar-refractivity contribution >= 4 is 34.8 Å². The third-order valence-corrected chi connectivity index (χ3v) is 3.94. The lowest BCUT2D eigenvalue weighted by molar-refractivity contribution is -0.906. The fourth-order valence-corrected chi connectivity index (χ4v) is 2.50. The van der Waals surface area contributed by atoms with Gasteiger partial charge in [-0.2, -0.15) is 0 Å². The summed E-state index contributed by atoms with van der Waals surface area (Å²) in [6, 6.07) is 4.24. The number of aromatic hydroxyl groups is 1. The minimum absolute atomic E-state index is 0.0746. The molecule has 1 amide bonds. The van der Waals surface area contributed by atoms with Gasteiger partial charge in [-0.1, -0.05) is 11.6 Å². The van der Waals surface area contributed by atoms with Gasteiger partial charge in [-0.25, -0.2) is 0 Å². The average molecular weight is 360 g/mol. The van der Waals surface area contributed by atoms with Gasteiger partial charge in [0.1, 0.15) is 18.8 Å². The summed E-state index contributed by atoms with van der Waals surface area (Å²) in [6.07, 6.45) is 0. The second kappa shape index (κ2) is 8.88. The molecule has 1 aromatic rings. The summed E-state index contributed by atoms with van der Waals surface area (Å²) in [5.41, 5.74) is 5.09. The van der Waals surface area contributed by atoms with Gasteiger partial charge in [-0.05, 0) is 30.4 Å². The van der Waals surface area contributed by atoms with Crippen molar-refractivity contribution in [1.29, 1.82) is 0 Å². The van der Waals surface area contributed by atoms with Crippen LogP contribution in [0, 0.1) is 0 Å². The highest BCUT2D eigenvalue weighted by Crippen LogP contribution is 2.20. The molecular formula is C14H20ClN4O3S+. The molecule has 0 aliphatic carbocycles. The number of quaternary nitrogens is 1. The molecule has 1 fully saturated rings. The molecule has 0 unspecified atom stereocenters. The fraction of sp³-hybridized carbons (Fsp3) is 0.429. The molecule has 1 aliphatic heterocycles. The normalized spacial score (nSPS) is 15.0. The van der Waals surface area contributed by atoms with Crippen molar-refractivity contribution in [3.8, 4) is 5.75 Å². The van der Waals surface area contributed by atoms with Crippen LogP contribution in [-0.2, 0) is 4.74 Å². The van der Waals surface area contributed by atoms with Crippen molar-refractivity contribution in [1.82, 2.24) is 16.2 Å². The topological polar surface area (TPSA) is 87.1 Å². The van der Waals surface area contributed by atoms with Crippen LogP contribution in [0.25, 0.3) is 0 Å². The van der Waals surface area contributed by atoms with Crippen LogP contribution >= 0.6 is 23.8 Å². The minimum Gasteiger partial charge on any atom is -0.507 e. The summed E-state index contributed by atoms with van der Waals surface area (Å²) in [5, 5.41) is 13.3. The number of amides is 1. The van der Waals surface area contributed by atoms with E-state index < -0.39 is 5.91 Å². The Morgan fingerprint density at radius 1 is 1.35 bits per heavy atom. The van der Waals surface area contributed by atoms with E-state index in [1.807, 2.05) is 0 Å². The van der Waals surface area contributed by atoms with Crippen LogP contribution in [-0.4, -0.2) is 55.5 Å². The van der Waals surface area contributed by atoms with Gasteiger partial charge in [-0.3, -0.25) is 15.6 Å². The van der Waals surface area contributed by atoms with Gasteiger partial charge < -0.3 is 20.1 Å². The highest BCUT2D eigenvalue weighted by molar-refractivity contribution is 7.80. The van der Waals surface area contributed by atoms with E-state index in [1.54, 1.807) is 0 Å². The maximum Gasteiger partial charge on any atom is 0.273 e. The number of ether oxygens (including phenoxy) is 1. The molecule has 0 aromatic heterocycles. The van der Waals surface area contributed by atoms with Gasteiger partial charge in [0.05, 0.1) is 31.9 Å². The van der Waals surface area contributed by atoms with Crippen molar-refractivity contribution in [2.75, 3.05) is 39.4 Å². The molecule has 9 heteroatoms. The lowest BCUT2D eigenvalue weighted by Gasteiger charge is -2.24. The van der Waals surface area contributed by atoms with Crippen LogP contribution in [0.2, 0.25) is 5.02 Å². The zero-order valence-electron chi connectivity index (χ0n) is 12.5. The molecule has 0 radical (unpaired) electrons. The Morgan fingerprint density at radius 3 is 2.83 bits per heavy atom. The first-order chi connectivity index (χ1) is 11.1. The number of thiocarbonyl (C=S) groups is 1. The van der Waals surface area contributed by atoms with Gasteiger partial charge in [0.25, 0.3) is 5.91 Å². The summed E-state index contributed by atoms with van der Waals surface area (Å²) < 4.78 is 5.30. The Hall–Kier alpha value is -1.61. The smallest absolute Gasteiger partial charge is 0.273 e. The molecule has 1 heterocycles. The molecule has 7 nitrogen and oxygen atoms in total. The fourth-order valence-electron chi connectivity index (χ4n) is 2.18. The Bertz CT molecular complexity index is 567. The second-order valence-electron chi connectivity index (χ2n) is 5.11. The SMILES string of the molecule is O=C(NNC(=S)NCC[NH+]1CCOCC1)c1cc(Cl)ccc1O. The number of benzene rings is 1. The quantitative estimate of drug-likeness (QED) is 0.353. The first-order valence-corrected chi connectivity index (χ1v) is 8.09. The van der Waals surface area contributed by atoms with Gasteiger partial charge in [0, 0.05) is 5.02 Å². The molecule has 23 heavy (non-hydrogen) atoms. The molecule has 1 aromatic carbocycles. The maximum atomic E-state index is 11.9. The van der Waals surface area contributed by atoms with E-state index >= 15 is 0 Å². The summed E-state index contributed by atoms with van der Waals surface area (Å²) in [4.78, 5) is 13.4. The number of morpholine rings is 1. The number of carbonyl (C=O) groups excluding carboxylic acids is 1. The molecule has 1 saturated heterocycles. The zero-order chi connectivity index (χ0) is 16.7. The first kappa shape index (κ1) is 17.7. The average Bonchev–Trinajstić information content (AvgIpc) is 2.56. The number of hydrazine groups is 1. The predicted molar refractivity (Wildman–Crippen MR) is 90.7 cm³/mol. The van der Waals surface area contributed by atoms with Gasteiger partial charge in [-0.15, -0.1) is 0 Å². The number of phenolic OH excluding ortho intramolecular Hbond substituents is 1. The van der Waals surface area contributed by atoms with E-state index in [4.69, 9.17) is 28.6 Å². The molecule has 2 rings (SSSR count). The lowest BCUT2D eigenvalue weighted by atomic mass is 10.2. The zero-order valence-corrected chi connectivity index (χ0v) is 14.1. The van der Waals surface area contributed by atoms with Crippen molar-refractivity contribution in [2.45, 2.75) is 0 Å². The Morgan fingerprint density at radius 2 is 2.09 bits per heavy atom. The largest absolute Gasteiger partial charge is 0.507 e. The van der Waals surface area contributed by atoms with Crippen LogP contribution in [0.4, 0.5) is 0 Å². The standard InChI is InChI=1S/C14H19ClN4O3S/c15-10-1-2-12(20)11(9-10)13(21)17-18-14(23)16-3-4-19-5-7-22-8-6-19/h1-2,9,20H,3-8H2,(H,17,21)(H2,16,18,23)/p+1. The van der Waals surface area contributed by atoms with Crippen LogP contribution in [0.5, 0.6) is 5.75 Å². The number of rotatable bonds is 4. The lowest BCUT2D eigenvalue weighted by Crippen LogP contribution is -3.14. The van der Waals surface area contributed by atoms with Crippen molar-refractivity contribution < 1.29 is 19.5 Å². The van der Waals surface area contributed by atoms with Gasteiger partial charge in [0.2, 0.25) is 0 Å². The van der Waals surface area contributed by atoms with Crippen molar-refractivity contribution in [2.24, 2.45) is 0 Å². The Labute approximate surface area is 144 Å². The van der Waals surface area contributed by atoms with Crippen LogP contribution < -0.4 is 21.1 Å². The molecule has 126 valence electrons. The van der Waals surface area contributed by atoms with Crippen LogP contribution in [0.1, 0.15) is 10.4 Å². The number of phenols is 1. The van der Waals surface area contributed by atoms with Crippen LogP contribution in [0.3, 0.4) is 0 Å². The number of halogens is 1. The molecule has 0 spiro atoms. The molecule has 0 saturated carbocycles. The third-order valence-electron chi connectivity index (χ3n) is 3.46. The van der Waals surface area contributed by atoms with E-state index in [-0.39, 0.29) is 11.3 Å². The summed E-state index contributed by atoms with van der Waals surface area (Å²) >= 11 is 10.9. The van der Waals surface area contributed by atoms with E-state index in [2.05, 4.69) is 16.2 Å². The van der Waals surface area contributed by atoms with E-state index in [0.717, 1.165) is 32.8 Å². The molecule has 1 aliphatic rings. The first-order valence-electron chi connectivity index (χ1n) is 7.30. The number of hydrogen-bond acceptors (Lipinski definition) is 4. The number of nitrogens with one attached hydrogen (secondary N) is 4. The van der Waals surface area contributed by atoms with E-state index in [9.17, 15) is 9.90 Å². The highest BCUT2D eigenvalue weighted by atomic mass is 35.5. The van der Waals surface area contributed by atoms with Gasteiger partial charge >= 0.3 is 0 Å². The van der Waals surface area contributed by atoms with E-state index in [0.29, 0.717) is 16.7 Å². The summed E-state index contributed by atoms with van der Waals surface area (Å²) in [7, 11) is 0. The number of carbonyl (C=O) groups is 1.